The molecule has 1 aliphatic heterocycles. The lowest BCUT2D eigenvalue weighted by molar-refractivity contribution is 0.00578. The fourth-order valence-electron chi connectivity index (χ4n) is 2.22. The minimum absolute atomic E-state index is 0.122. The second-order valence-corrected chi connectivity index (χ2v) is 6.61. The minimum atomic E-state index is -1.04. The van der Waals surface area contributed by atoms with Crippen LogP contribution in [-0.4, -0.2) is 41.1 Å². The normalized spacial score (nSPS) is 19.9. The SMILES string of the molecule is CC1(C)OB(C(=Cc2cc(C(=O)O)ccc2N)CO)OC1(C)C. The Kier molecular flexibility index (Phi) is 4.57. The fraction of sp³-hybridized carbons (Fsp3) is 0.438. The summed E-state index contributed by atoms with van der Waals surface area (Å²) < 4.78 is 11.8. The lowest BCUT2D eigenvalue weighted by Crippen LogP contribution is -2.41. The summed E-state index contributed by atoms with van der Waals surface area (Å²) in [5.74, 6) is -1.04. The lowest BCUT2D eigenvalue weighted by Gasteiger charge is -2.32. The van der Waals surface area contributed by atoms with Crippen LogP contribution in [0.1, 0.15) is 43.6 Å². The Bertz CT molecular complexity index is 638. The molecule has 0 aromatic heterocycles. The molecule has 0 amide bonds. The number of rotatable bonds is 4. The number of anilines is 1. The van der Waals surface area contributed by atoms with Gasteiger partial charge >= 0.3 is 13.1 Å². The topological polar surface area (TPSA) is 102 Å². The van der Waals surface area contributed by atoms with Gasteiger partial charge in [-0.25, -0.2) is 4.79 Å². The summed E-state index contributed by atoms with van der Waals surface area (Å²) in [5, 5.41) is 18.8. The molecule has 0 radical (unpaired) electrons. The van der Waals surface area contributed by atoms with E-state index in [9.17, 15) is 9.90 Å². The number of nitrogens with two attached hydrogens (primary N) is 1. The summed E-state index contributed by atoms with van der Waals surface area (Å²) >= 11 is 0. The van der Waals surface area contributed by atoms with E-state index in [0.717, 1.165) is 0 Å². The zero-order valence-corrected chi connectivity index (χ0v) is 13.8. The second-order valence-electron chi connectivity index (χ2n) is 6.61. The summed E-state index contributed by atoms with van der Waals surface area (Å²) in [5.41, 5.74) is 6.37. The maximum absolute atomic E-state index is 11.1. The molecule has 1 aliphatic rings. The van der Waals surface area contributed by atoms with Crippen LogP contribution in [0.3, 0.4) is 0 Å². The van der Waals surface area contributed by atoms with E-state index >= 15 is 0 Å². The van der Waals surface area contributed by atoms with E-state index in [4.69, 9.17) is 20.1 Å². The molecule has 0 atom stereocenters. The van der Waals surface area contributed by atoms with E-state index in [1.807, 2.05) is 27.7 Å². The van der Waals surface area contributed by atoms with E-state index in [-0.39, 0.29) is 12.2 Å². The number of carboxylic acids is 1. The van der Waals surface area contributed by atoms with E-state index < -0.39 is 24.3 Å². The average molecular weight is 319 g/mol. The average Bonchev–Trinajstić information content (AvgIpc) is 2.66. The largest absolute Gasteiger partial charge is 0.492 e. The van der Waals surface area contributed by atoms with Crippen LogP contribution in [0.4, 0.5) is 5.69 Å². The maximum atomic E-state index is 11.1. The summed E-state index contributed by atoms with van der Waals surface area (Å²) in [4.78, 5) is 11.1. The van der Waals surface area contributed by atoms with Crippen molar-refractivity contribution >= 4 is 24.9 Å². The van der Waals surface area contributed by atoms with E-state index in [0.29, 0.717) is 16.7 Å². The van der Waals surface area contributed by atoms with Gasteiger partial charge in [0.05, 0.1) is 23.4 Å². The van der Waals surface area contributed by atoms with E-state index in [1.54, 1.807) is 6.08 Å². The highest BCUT2D eigenvalue weighted by molar-refractivity contribution is 6.55. The third-order valence-corrected chi connectivity index (χ3v) is 4.41. The van der Waals surface area contributed by atoms with Gasteiger partial charge in [-0.15, -0.1) is 0 Å². The Morgan fingerprint density at radius 1 is 1.26 bits per heavy atom. The first-order valence-electron chi connectivity index (χ1n) is 7.37. The molecule has 1 saturated heterocycles. The third-order valence-electron chi connectivity index (χ3n) is 4.41. The molecule has 4 N–H and O–H groups in total. The Balaban J connectivity index is 2.37. The molecule has 0 bridgehead atoms. The highest BCUT2D eigenvalue weighted by Gasteiger charge is 2.52. The number of hydrogen-bond donors (Lipinski definition) is 3. The van der Waals surface area contributed by atoms with Crippen LogP contribution in [0.2, 0.25) is 0 Å². The monoisotopic (exact) mass is 319 g/mol. The Morgan fingerprint density at radius 3 is 2.30 bits per heavy atom. The first kappa shape index (κ1) is 17.5. The summed E-state index contributed by atoms with van der Waals surface area (Å²) in [6.45, 7) is 7.39. The first-order chi connectivity index (χ1) is 10.6. The molecule has 0 spiro atoms. The van der Waals surface area contributed by atoms with Gasteiger partial charge in [-0.2, -0.15) is 0 Å². The summed E-state index contributed by atoms with van der Waals surface area (Å²) in [6.07, 6.45) is 1.62. The van der Waals surface area contributed by atoms with Gasteiger partial charge in [0, 0.05) is 5.69 Å². The van der Waals surface area contributed by atoms with Crippen molar-refractivity contribution in [2.75, 3.05) is 12.3 Å². The Labute approximate surface area is 136 Å². The second kappa shape index (κ2) is 6.00. The highest BCUT2D eigenvalue weighted by atomic mass is 16.7. The molecule has 0 saturated carbocycles. The number of nitrogen functional groups attached to an aromatic ring is 1. The molecule has 0 unspecified atom stereocenters. The summed E-state index contributed by atoms with van der Waals surface area (Å²) in [6, 6.07) is 4.41. The van der Waals surface area contributed by atoms with Crippen LogP contribution in [0.5, 0.6) is 0 Å². The van der Waals surface area contributed by atoms with Crippen LogP contribution in [0, 0.1) is 0 Å². The molecule has 0 aliphatic carbocycles. The molecule has 1 heterocycles. The van der Waals surface area contributed by atoms with Crippen LogP contribution >= 0.6 is 0 Å². The number of aromatic carboxylic acids is 1. The predicted molar refractivity (Wildman–Crippen MR) is 89.0 cm³/mol. The predicted octanol–water partition coefficient (Wildman–Crippen LogP) is 1.97. The van der Waals surface area contributed by atoms with Crippen molar-refractivity contribution in [2.24, 2.45) is 0 Å². The molecule has 1 aromatic rings. The molecule has 1 aromatic carbocycles. The molecule has 2 rings (SSSR count). The van der Waals surface area contributed by atoms with Gasteiger partial charge in [0.25, 0.3) is 0 Å². The molecule has 6 nitrogen and oxygen atoms in total. The molecule has 7 heteroatoms. The number of carbonyl (C=O) groups is 1. The van der Waals surface area contributed by atoms with Gasteiger partial charge in [0.2, 0.25) is 0 Å². The number of carboxylic acid groups (broad SMARTS) is 1. The van der Waals surface area contributed by atoms with Gasteiger partial charge in [-0.05, 0) is 56.9 Å². The van der Waals surface area contributed by atoms with Gasteiger partial charge in [0.15, 0.2) is 0 Å². The van der Waals surface area contributed by atoms with Gasteiger partial charge in [0.1, 0.15) is 0 Å². The van der Waals surface area contributed by atoms with Crippen molar-refractivity contribution in [1.29, 1.82) is 0 Å². The molecule has 1 fully saturated rings. The number of aliphatic hydroxyl groups is 1. The fourth-order valence-corrected chi connectivity index (χ4v) is 2.22. The maximum Gasteiger partial charge on any atom is 0.492 e. The van der Waals surface area contributed by atoms with Crippen LogP contribution in [0.25, 0.3) is 6.08 Å². The van der Waals surface area contributed by atoms with Crippen LogP contribution in [-0.2, 0) is 9.31 Å². The smallest absolute Gasteiger partial charge is 0.478 e. The molecule has 23 heavy (non-hydrogen) atoms. The lowest BCUT2D eigenvalue weighted by atomic mass is 9.77. The van der Waals surface area contributed by atoms with Crippen LogP contribution in [0.15, 0.2) is 23.7 Å². The highest BCUT2D eigenvalue weighted by Crippen LogP contribution is 2.38. The van der Waals surface area contributed by atoms with Crippen molar-refractivity contribution in [1.82, 2.24) is 0 Å². The zero-order valence-electron chi connectivity index (χ0n) is 13.8. The Morgan fingerprint density at radius 2 is 1.83 bits per heavy atom. The zero-order chi connectivity index (χ0) is 17.4. The van der Waals surface area contributed by atoms with Gasteiger partial charge < -0.3 is 25.3 Å². The number of aliphatic hydroxyl groups excluding tert-OH is 1. The standard InChI is InChI=1S/C16H22BNO5/c1-15(2)16(3,4)23-17(22-15)12(9-19)8-11-7-10(14(20)21)5-6-13(11)18/h5-8,19H,9,18H2,1-4H3,(H,20,21). The molecular formula is C16H22BNO5. The van der Waals surface area contributed by atoms with E-state index in [1.165, 1.54) is 18.2 Å². The molecular weight excluding hydrogens is 297 g/mol. The van der Waals surface area contributed by atoms with Gasteiger partial charge in [-0.1, -0.05) is 6.08 Å². The van der Waals surface area contributed by atoms with Crippen molar-refractivity contribution in [3.8, 4) is 0 Å². The quantitative estimate of drug-likeness (QED) is 0.579. The Hall–Kier alpha value is -1.83. The minimum Gasteiger partial charge on any atom is -0.478 e. The van der Waals surface area contributed by atoms with E-state index in [2.05, 4.69) is 0 Å². The van der Waals surface area contributed by atoms with Crippen molar-refractivity contribution in [3.63, 3.8) is 0 Å². The van der Waals surface area contributed by atoms with Crippen molar-refractivity contribution in [3.05, 3.63) is 34.8 Å². The summed E-state index contributed by atoms with van der Waals surface area (Å²) in [7, 11) is -0.710. The molecule has 124 valence electrons. The number of hydrogen-bond acceptors (Lipinski definition) is 5. The van der Waals surface area contributed by atoms with Crippen LogP contribution < -0.4 is 5.73 Å². The third kappa shape index (κ3) is 3.42. The van der Waals surface area contributed by atoms with Crippen molar-refractivity contribution in [2.45, 2.75) is 38.9 Å². The first-order valence-corrected chi connectivity index (χ1v) is 7.37. The van der Waals surface area contributed by atoms with Gasteiger partial charge in [-0.3, -0.25) is 0 Å². The number of benzene rings is 1. The van der Waals surface area contributed by atoms with Crippen molar-refractivity contribution < 1.29 is 24.3 Å².